The Hall–Kier alpha value is -4.62. The summed E-state index contributed by atoms with van der Waals surface area (Å²) in [7, 11) is 0. The number of nitriles is 1. The van der Waals surface area contributed by atoms with Crippen LogP contribution in [0.4, 0.5) is 0 Å². The maximum atomic E-state index is 12.1. The van der Waals surface area contributed by atoms with Gasteiger partial charge < -0.3 is 24.2 Å². The highest BCUT2D eigenvalue weighted by molar-refractivity contribution is 6.32. The van der Waals surface area contributed by atoms with Crippen LogP contribution in [0, 0.1) is 25.2 Å². The molecule has 1 atom stereocenters. The number of nitrogens with zero attached hydrogens (tertiary/aromatic N) is 4. The van der Waals surface area contributed by atoms with E-state index in [4.69, 9.17) is 25.8 Å². The third kappa shape index (κ3) is 9.88. The maximum absolute atomic E-state index is 12.1. The maximum Gasteiger partial charge on any atom is 0.320 e. The molecule has 0 bridgehead atoms. The van der Waals surface area contributed by atoms with E-state index in [0.717, 1.165) is 70.5 Å². The smallest absolute Gasteiger partial charge is 0.320 e. The topological polar surface area (TPSA) is 108 Å². The molecule has 2 saturated heterocycles. The third-order valence-electron chi connectivity index (χ3n) is 10.4. The second kappa shape index (κ2) is 18.4. The van der Waals surface area contributed by atoms with Crippen molar-refractivity contribution in [3.63, 3.8) is 0 Å². The Balaban J connectivity index is 1.18. The van der Waals surface area contributed by atoms with Crippen molar-refractivity contribution < 1.29 is 24.1 Å². The first-order chi connectivity index (χ1) is 25.8. The summed E-state index contributed by atoms with van der Waals surface area (Å²) >= 11 is 6.86. The van der Waals surface area contributed by atoms with Crippen LogP contribution in [0.1, 0.15) is 78.3 Å². The van der Waals surface area contributed by atoms with Crippen molar-refractivity contribution in [3.8, 4) is 34.4 Å². The fraction of sp³-hybridized carbons (Fsp3) is 0.419. The quantitative estimate of drug-likeness (QED) is 0.120. The van der Waals surface area contributed by atoms with Crippen molar-refractivity contribution in [3.05, 3.63) is 105 Å². The number of hydrogen-bond acceptors (Lipinski definition) is 8. The van der Waals surface area contributed by atoms with E-state index in [9.17, 15) is 15.2 Å². The Morgan fingerprint density at radius 3 is 2.42 bits per heavy atom. The molecule has 4 aromatic rings. The van der Waals surface area contributed by atoms with Gasteiger partial charge in [0, 0.05) is 42.7 Å². The summed E-state index contributed by atoms with van der Waals surface area (Å²) in [6, 6.07) is 19.4. The number of carbonyl (C=O) groups is 1. The first-order valence-electron chi connectivity index (χ1n) is 18.7. The van der Waals surface area contributed by atoms with Gasteiger partial charge in [-0.05, 0) is 112 Å². The summed E-state index contributed by atoms with van der Waals surface area (Å²) in [5, 5.41) is 19.7. The minimum absolute atomic E-state index is 0.167. The lowest BCUT2D eigenvalue weighted by Gasteiger charge is -2.33. The SMILES string of the molecule is Cc1c(COc2cc(OCc3cncc(C#N)c3)c(CN3CCCC[C@H]3C(=O)O)cc2Cl)cccc1-c1cccc(OCCCN2CCCCC2)c1C. The fourth-order valence-electron chi connectivity index (χ4n) is 7.41. The number of aromatic nitrogens is 1. The van der Waals surface area contributed by atoms with Crippen LogP contribution in [-0.2, 0) is 24.6 Å². The Bertz CT molecular complexity index is 1920. The Morgan fingerprint density at radius 2 is 1.62 bits per heavy atom. The minimum Gasteiger partial charge on any atom is -0.493 e. The molecule has 3 aromatic carbocycles. The highest BCUT2D eigenvalue weighted by Crippen LogP contribution is 2.37. The molecule has 278 valence electrons. The van der Waals surface area contributed by atoms with Gasteiger partial charge in [0.15, 0.2) is 0 Å². The van der Waals surface area contributed by atoms with E-state index < -0.39 is 12.0 Å². The largest absolute Gasteiger partial charge is 0.493 e. The second-order valence-electron chi connectivity index (χ2n) is 14.1. The van der Waals surface area contributed by atoms with Crippen LogP contribution in [0.5, 0.6) is 17.2 Å². The molecule has 2 aliphatic heterocycles. The van der Waals surface area contributed by atoms with Gasteiger partial charge in [-0.3, -0.25) is 14.7 Å². The lowest BCUT2D eigenvalue weighted by Crippen LogP contribution is -2.44. The van der Waals surface area contributed by atoms with Crippen LogP contribution < -0.4 is 14.2 Å². The van der Waals surface area contributed by atoms with E-state index in [0.29, 0.717) is 48.2 Å². The van der Waals surface area contributed by atoms with Crippen molar-refractivity contribution in [2.75, 3.05) is 32.8 Å². The molecule has 1 aromatic heterocycles. The highest BCUT2D eigenvalue weighted by atomic mass is 35.5. The molecular weight excluding hydrogens is 688 g/mol. The first kappa shape index (κ1) is 38.1. The molecule has 10 heteroatoms. The predicted octanol–water partition coefficient (Wildman–Crippen LogP) is 8.74. The number of carboxylic acids is 1. The zero-order chi connectivity index (χ0) is 37.2. The van der Waals surface area contributed by atoms with E-state index in [1.165, 1.54) is 38.5 Å². The van der Waals surface area contributed by atoms with Gasteiger partial charge in [0.25, 0.3) is 0 Å². The van der Waals surface area contributed by atoms with Crippen molar-refractivity contribution in [1.29, 1.82) is 5.26 Å². The molecular formula is C43H49ClN4O5. The van der Waals surface area contributed by atoms with E-state index >= 15 is 0 Å². The normalized spacial score (nSPS) is 16.5. The second-order valence-corrected chi connectivity index (χ2v) is 14.5. The molecule has 0 saturated carbocycles. The zero-order valence-corrected chi connectivity index (χ0v) is 31.5. The number of likely N-dealkylation sites (tertiary alicyclic amines) is 2. The summed E-state index contributed by atoms with van der Waals surface area (Å²) in [6.07, 6.45) is 10.5. The Labute approximate surface area is 318 Å². The van der Waals surface area contributed by atoms with Crippen molar-refractivity contribution in [1.82, 2.24) is 14.8 Å². The first-order valence-corrected chi connectivity index (χ1v) is 19.1. The van der Waals surface area contributed by atoms with Crippen LogP contribution >= 0.6 is 11.6 Å². The molecule has 0 spiro atoms. The standard InChI is InChI=1S/C43H49ClN4O5/c1-30-34(11-8-12-36(30)37-13-9-15-40(31(37)2)51-20-10-18-47-16-5-3-6-17-47)29-53-42-23-41(52-28-33-21-32(24-45)25-46-26-33)35(22-38(42)44)27-48-19-7-4-14-39(48)43(49)50/h8-9,11-13,15,21-23,25-26,39H,3-7,10,14,16-20,27-29H2,1-2H3,(H,49,50)/t39-/m0/s1. The molecule has 0 aliphatic carbocycles. The number of hydrogen-bond donors (Lipinski definition) is 1. The fourth-order valence-corrected chi connectivity index (χ4v) is 7.66. The number of rotatable bonds is 15. The van der Waals surface area contributed by atoms with Gasteiger partial charge in [0.2, 0.25) is 0 Å². The van der Waals surface area contributed by atoms with Gasteiger partial charge in [-0.15, -0.1) is 0 Å². The van der Waals surface area contributed by atoms with Gasteiger partial charge in [0.05, 0.1) is 17.2 Å². The van der Waals surface area contributed by atoms with Crippen molar-refractivity contribution in [2.45, 2.75) is 84.6 Å². The van der Waals surface area contributed by atoms with E-state index in [2.05, 4.69) is 60.1 Å². The molecule has 2 fully saturated rings. The molecule has 2 aliphatic rings. The van der Waals surface area contributed by atoms with Crippen LogP contribution in [0.2, 0.25) is 5.02 Å². The summed E-state index contributed by atoms with van der Waals surface area (Å²) in [5.74, 6) is 1.09. The van der Waals surface area contributed by atoms with Gasteiger partial charge >= 0.3 is 5.97 Å². The average molecular weight is 737 g/mol. The number of benzene rings is 3. The molecule has 1 N–H and O–H groups in total. The Morgan fingerprint density at radius 1 is 0.868 bits per heavy atom. The summed E-state index contributed by atoms with van der Waals surface area (Å²) < 4.78 is 19.0. The van der Waals surface area contributed by atoms with Gasteiger partial charge in [-0.1, -0.05) is 54.8 Å². The van der Waals surface area contributed by atoms with Crippen LogP contribution in [0.25, 0.3) is 11.1 Å². The highest BCUT2D eigenvalue weighted by Gasteiger charge is 2.29. The van der Waals surface area contributed by atoms with Gasteiger partial charge in [0.1, 0.15) is 42.6 Å². The number of carboxylic acid groups (broad SMARTS) is 1. The number of pyridine rings is 1. The molecule has 6 rings (SSSR count). The monoisotopic (exact) mass is 736 g/mol. The molecule has 9 nitrogen and oxygen atoms in total. The van der Waals surface area contributed by atoms with Gasteiger partial charge in [-0.25, -0.2) is 0 Å². The van der Waals surface area contributed by atoms with Crippen molar-refractivity contribution in [2.24, 2.45) is 0 Å². The molecule has 53 heavy (non-hydrogen) atoms. The lowest BCUT2D eigenvalue weighted by molar-refractivity contribution is -0.144. The number of ether oxygens (including phenoxy) is 3. The van der Waals surface area contributed by atoms with Crippen molar-refractivity contribution >= 4 is 17.6 Å². The molecule has 0 unspecified atom stereocenters. The number of piperidine rings is 2. The molecule has 0 radical (unpaired) electrons. The number of aliphatic carboxylic acids is 1. The minimum atomic E-state index is -0.826. The third-order valence-corrected chi connectivity index (χ3v) is 10.7. The summed E-state index contributed by atoms with van der Waals surface area (Å²) in [5.41, 5.74) is 7.44. The number of halogens is 1. The van der Waals surface area contributed by atoms with E-state index in [1.807, 2.05) is 17.0 Å². The predicted molar refractivity (Wildman–Crippen MR) is 207 cm³/mol. The molecule has 3 heterocycles. The summed E-state index contributed by atoms with van der Waals surface area (Å²) in [6.45, 7) is 9.89. The van der Waals surface area contributed by atoms with E-state index in [-0.39, 0.29) is 13.2 Å². The lowest BCUT2D eigenvalue weighted by atomic mass is 9.93. The zero-order valence-electron chi connectivity index (χ0n) is 30.8. The Kier molecular flexibility index (Phi) is 13.2. The van der Waals surface area contributed by atoms with E-state index in [1.54, 1.807) is 18.3 Å². The van der Waals surface area contributed by atoms with Gasteiger partial charge in [-0.2, -0.15) is 5.26 Å². The van der Waals surface area contributed by atoms with Crippen LogP contribution in [0.3, 0.4) is 0 Å². The summed E-state index contributed by atoms with van der Waals surface area (Å²) in [4.78, 5) is 20.7. The van der Waals surface area contributed by atoms with Crippen LogP contribution in [-0.4, -0.2) is 64.7 Å². The van der Waals surface area contributed by atoms with Crippen LogP contribution in [0.15, 0.2) is 67.0 Å². The average Bonchev–Trinajstić information content (AvgIpc) is 3.17. The molecule has 0 amide bonds.